The maximum Gasteiger partial charge on any atom is 0.213 e. The van der Waals surface area contributed by atoms with Gasteiger partial charge in [0.2, 0.25) is 5.16 Å². The van der Waals surface area contributed by atoms with Crippen LogP contribution in [-0.4, -0.2) is 15.2 Å². The molecule has 3 N–H and O–H groups in total. The third-order valence-corrected chi connectivity index (χ3v) is 3.25. The summed E-state index contributed by atoms with van der Waals surface area (Å²) < 4.78 is 1.02. The maximum absolute atomic E-state index is 5.62. The molecular formula is C10H11BrN4S. The van der Waals surface area contributed by atoms with Crippen molar-refractivity contribution < 1.29 is 0 Å². The highest BCUT2D eigenvalue weighted by atomic mass is 79.9. The van der Waals surface area contributed by atoms with E-state index in [-0.39, 0.29) is 0 Å². The quantitative estimate of drug-likeness (QED) is 0.913. The van der Waals surface area contributed by atoms with Gasteiger partial charge < -0.3 is 5.73 Å². The second kappa shape index (κ2) is 4.99. The molecule has 0 aliphatic rings. The lowest BCUT2D eigenvalue weighted by atomic mass is 10.2. The Morgan fingerprint density at radius 2 is 2.25 bits per heavy atom. The van der Waals surface area contributed by atoms with Gasteiger partial charge in [-0.3, -0.25) is 5.10 Å². The van der Waals surface area contributed by atoms with Gasteiger partial charge in [-0.15, -0.1) is 5.10 Å². The number of H-pyrrole nitrogens is 1. The van der Waals surface area contributed by atoms with Crippen molar-refractivity contribution in [1.82, 2.24) is 15.2 Å². The van der Waals surface area contributed by atoms with Gasteiger partial charge in [0.1, 0.15) is 5.82 Å². The second-order valence-corrected chi connectivity index (χ2v) is 5.26. The predicted molar refractivity (Wildman–Crippen MR) is 67.3 cm³/mol. The number of nitrogens with zero attached hydrogens (tertiary/aromatic N) is 2. The van der Waals surface area contributed by atoms with Crippen molar-refractivity contribution in [1.29, 1.82) is 0 Å². The summed E-state index contributed by atoms with van der Waals surface area (Å²) in [6.45, 7) is 2.41. The largest absolute Gasteiger partial charge is 0.326 e. The summed E-state index contributed by atoms with van der Waals surface area (Å²) in [5.74, 6) is 0.816. The van der Waals surface area contributed by atoms with Crippen molar-refractivity contribution in [3.05, 3.63) is 34.1 Å². The van der Waals surface area contributed by atoms with E-state index in [4.69, 9.17) is 5.73 Å². The number of benzene rings is 1. The van der Waals surface area contributed by atoms with E-state index in [9.17, 15) is 0 Å². The first kappa shape index (κ1) is 11.6. The van der Waals surface area contributed by atoms with E-state index in [0.717, 1.165) is 25.9 Å². The number of nitrogens with one attached hydrogen (secondary N) is 1. The van der Waals surface area contributed by atoms with Crippen LogP contribution in [0.2, 0.25) is 0 Å². The number of rotatable bonds is 3. The Morgan fingerprint density at radius 3 is 2.88 bits per heavy atom. The second-order valence-electron chi connectivity index (χ2n) is 3.30. The Kier molecular flexibility index (Phi) is 3.63. The lowest BCUT2D eigenvalue weighted by Crippen LogP contribution is -1.96. The smallest absolute Gasteiger partial charge is 0.213 e. The van der Waals surface area contributed by atoms with E-state index in [1.54, 1.807) is 0 Å². The van der Waals surface area contributed by atoms with Crippen molar-refractivity contribution in [2.75, 3.05) is 0 Å². The third kappa shape index (κ3) is 2.84. The zero-order chi connectivity index (χ0) is 11.5. The van der Waals surface area contributed by atoms with Gasteiger partial charge in [-0.1, -0.05) is 15.9 Å². The molecule has 0 radical (unpaired) electrons. The van der Waals surface area contributed by atoms with Crippen LogP contribution >= 0.6 is 27.7 Å². The Bertz CT molecular complexity index is 497. The first-order valence-electron chi connectivity index (χ1n) is 4.74. The zero-order valence-electron chi connectivity index (χ0n) is 8.70. The number of nitrogens with two attached hydrogens (primary N) is 1. The van der Waals surface area contributed by atoms with Crippen LogP contribution in [0.1, 0.15) is 11.4 Å². The molecular weight excluding hydrogens is 288 g/mol. The molecule has 0 spiro atoms. The molecule has 84 valence electrons. The molecule has 0 amide bonds. The first-order chi connectivity index (χ1) is 7.67. The fraction of sp³-hybridized carbons (Fsp3) is 0.200. The number of halogens is 1. The van der Waals surface area contributed by atoms with Gasteiger partial charge >= 0.3 is 0 Å². The highest BCUT2D eigenvalue weighted by Crippen LogP contribution is 2.28. The summed E-state index contributed by atoms with van der Waals surface area (Å²) >= 11 is 4.97. The highest BCUT2D eigenvalue weighted by Gasteiger charge is 2.04. The monoisotopic (exact) mass is 298 g/mol. The van der Waals surface area contributed by atoms with E-state index in [2.05, 4.69) is 31.1 Å². The molecule has 0 fully saturated rings. The Hall–Kier alpha value is -0.850. The van der Waals surface area contributed by atoms with Crippen LogP contribution in [0.5, 0.6) is 0 Å². The molecule has 0 saturated carbocycles. The normalized spacial score (nSPS) is 10.7. The van der Waals surface area contributed by atoms with Crippen LogP contribution in [0.3, 0.4) is 0 Å². The highest BCUT2D eigenvalue weighted by molar-refractivity contribution is 9.10. The average Bonchev–Trinajstić information content (AvgIpc) is 2.63. The van der Waals surface area contributed by atoms with Crippen molar-refractivity contribution in [2.24, 2.45) is 5.73 Å². The molecule has 6 heteroatoms. The van der Waals surface area contributed by atoms with Crippen LogP contribution in [0.4, 0.5) is 0 Å². The summed E-state index contributed by atoms with van der Waals surface area (Å²) in [4.78, 5) is 5.32. The summed E-state index contributed by atoms with van der Waals surface area (Å²) in [6, 6.07) is 6.07. The Morgan fingerprint density at radius 1 is 1.44 bits per heavy atom. The Labute approximate surface area is 106 Å². The molecule has 0 atom stereocenters. The van der Waals surface area contributed by atoms with Crippen molar-refractivity contribution in [3.63, 3.8) is 0 Å². The fourth-order valence-corrected chi connectivity index (χ4v) is 2.84. The van der Waals surface area contributed by atoms with Crippen LogP contribution in [-0.2, 0) is 6.54 Å². The van der Waals surface area contributed by atoms with Crippen LogP contribution in [0, 0.1) is 6.92 Å². The SMILES string of the molecule is Cc1nc(Sc2cc(Br)cc(CN)c2)n[nH]1. The number of aryl methyl sites for hydroxylation is 1. The molecule has 1 heterocycles. The summed E-state index contributed by atoms with van der Waals surface area (Å²) in [7, 11) is 0. The molecule has 2 rings (SSSR count). The van der Waals surface area contributed by atoms with Crippen LogP contribution in [0.25, 0.3) is 0 Å². The molecule has 0 aliphatic heterocycles. The molecule has 4 nitrogen and oxygen atoms in total. The minimum atomic E-state index is 0.528. The van der Waals surface area contributed by atoms with Gasteiger partial charge in [0.15, 0.2) is 0 Å². The number of hydrogen-bond donors (Lipinski definition) is 2. The minimum absolute atomic E-state index is 0.528. The standard InChI is InChI=1S/C10H11BrN4S/c1-6-13-10(15-14-6)16-9-3-7(5-12)2-8(11)4-9/h2-4H,5,12H2,1H3,(H,13,14,15). The zero-order valence-corrected chi connectivity index (χ0v) is 11.1. The van der Waals surface area contributed by atoms with E-state index in [1.165, 1.54) is 11.8 Å². The first-order valence-corrected chi connectivity index (χ1v) is 6.35. The third-order valence-electron chi connectivity index (χ3n) is 1.95. The molecule has 0 unspecified atom stereocenters. The van der Waals surface area contributed by atoms with Crippen LogP contribution < -0.4 is 5.73 Å². The molecule has 1 aromatic heterocycles. The molecule has 0 aliphatic carbocycles. The van der Waals surface area contributed by atoms with E-state index >= 15 is 0 Å². The maximum atomic E-state index is 5.62. The molecule has 0 bridgehead atoms. The molecule has 16 heavy (non-hydrogen) atoms. The minimum Gasteiger partial charge on any atom is -0.326 e. The van der Waals surface area contributed by atoms with Gasteiger partial charge in [0.25, 0.3) is 0 Å². The molecule has 2 aromatic rings. The predicted octanol–water partition coefficient (Wildman–Crippen LogP) is 2.49. The van der Waals surface area contributed by atoms with Crippen molar-refractivity contribution in [3.8, 4) is 0 Å². The Balaban J connectivity index is 2.24. The summed E-state index contributed by atoms with van der Waals surface area (Å²) in [6.07, 6.45) is 0. The van der Waals surface area contributed by atoms with Crippen molar-refractivity contribution >= 4 is 27.7 Å². The fourth-order valence-electron chi connectivity index (χ4n) is 1.27. The van der Waals surface area contributed by atoms with E-state index in [0.29, 0.717) is 6.54 Å². The lowest BCUT2D eigenvalue weighted by molar-refractivity contribution is 0.968. The number of aromatic nitrogens is 3. The summed E-state index contributed by atoms with van der Waals surface area (Å²) in [5.41, 5.74) is 6.70. The van der Waals surface area contributed by atoms with E-state index < -0.39 is 0 Å². The summed E-state index contributed by atoms with van der Waals surface area (Å²) in [5, 5.41) is 7.61. The van der Waals surface area contributed by atoms with E-state index in [1.807, 2.05) is 25.1 Å². The number of aromatic amines is 1. The average molecular weight is 299 g/mol. The number of hydrogen-bond acceptors (Lipinski definition) is 4. The van der Waals surface area contributed by atoms with Gasteiger partial charge in [0.05, 0.1) is 0 Å². The van der Waals surface area contributed by atoms with Gasteiger partial charge in [-0.2, -0.15) is 0 Å². The van der Waals surface area contributed by atoms with Gasteiger partial charge in [-0.05, 0) is 42.4 Å². The van der Waals surface area contributed by atoms with Crippen molar-refractivity contribution in [2.45, 2.75) is 23.5 Å². The molecule has 0 saturated heterocycles. The topological polar surface area (TPSA) is 67.6 Å². The van der Waals surface area contributed by atoms with Crippen LogP contribution in [0.15, 0.2) is 32.7 Å². The van der Waals surface area contributed by atoms with Gasteiger partial charge in [-0.25, -0.2) is 4.98 Å². The lowest BCUT2D eigenvalue weighted by Gasteiger charge is -2.02. The molecule has 1 aromatic carbocycles. The van der Waals surface area contributed by atoms with Gasteiger partial charge in [0, 0.05) is 15.9 Å².